The average Bonchev–Trinajstić information content (AvgIpc) is 2.84. The Bertz CT molecular complexity index is 428. The molecule has 2 rings (SSSR count). The first kappa shape index (κ1) is 14.0. The summed E-state index contributed by atoms with van der Waals surface area (Å²) >= 11 is 0. The number of carbonyl (C=O) groups is 1. The molecule has 6 heteroatoms. The summed E-state index contributed by atoms with van der Waals surface area (Å²) in [6.45, 7) is 6.13. The van der Waals surface area contributed by atoms with Crippen LogP contribution in [0.15, 0.2) is 6.33 Å². The van der Waals surface area contributed by atoms with Crippen molar-refractivity contribution in [2.24, 2.45) is 11.7 Å². The Morgan fingerprint density at radius 2 is 2.21 bits per heavy atom. The summed E-state index contributed by atoms with van der Waals surface area (Å²) in [4.78, 5) is 14.2. The highest BCUT2D eigenvalue weighted by molar-refractivity contribution is 5.78. The number of hydrogen-bond acceptors (Lipinski definition) is 4. The van der Waals surface area contributed by atoms with Gasteiger partial charge in [-0.2, -0.15) is 0 Å². The van der Waals surface area contributed by atoms with Crippen LogP contribution in [0.1, 0.15) is 38.9 Å². The Morgan fingerprint density at radius 3 is 2.95 bits per heavy atom. The zero-order valence-electron chi connectivity index (χ0n) is 11.7. The number of rotatable bonds is 5. The molecular weight excluding hydrogens is 242 g/mol. The topological polar surface area (TPSA) is 77.0 Å². The van der Waals surface area contributed by atoms with Gasteiger partial charge in [-0.25, -0.2) is 0 Å². The predicted octanol–water partition coefficient (Wildman–Crippen LogP) is 0.774. The Kier molecular flexibility index (Phi) is 4.52. The second-order valence-corrected chi connectivity index (χ2v) is 5.51. The van der Waals surface area contributed by atoms with Gasteiger partial charge in [0.2, 0.25) is 5.91 Å². The van der Waals surface area contributed by atoms with Gasteiger partial charge in [0.25, 0.3) is 0 Å². The number of nitrogens with two attached hydrogens (primary N) is 1. The number of amides is 1. The van der Waals surface area contributed by atoms with Gasteiger partial charge in [-0.3, -0.25) is 4.79 Å². The summed E-state index contributed by atoms with van der Waals surface area (Å²) in [6.07, 6.45) is 4.62. The molecule has 0 aliphatic carbocycles. The van der Waals surface area contributed by atoms with Gasteiger partial charge in [0.1, 0.15) is 6.33 Å². The zero-order chi connectivity index (χ0) is 13.8. The maximum Gasteiger partial charge on any atom is 0.225 e. The molecule has 0 aromatic carbocycles. The Hall–Kier alpha value is -1.43. The highest BCUT2D eigenvalue weighted by atomic mass is 16.2. The molecule has 1 aliphatic rings. The second kappa shape index (κ2) is 6.14. The van der Waals surface area contributed by atoms with Crippen molar-refractivity contribution in [1.82, 2.24) is 19.7 Å². The highest BCUT2D eigenvalue weighted by Gasteiger charge is 2.25. The van der Waals surface area contributed by atoms with E-state index in [2.05, 4.69) is 10.2 Å². The molecule has 6 nitrogen and oxygen atoms in total. The Balaban J connectivity index is 1.83. The third-order valence-corrected chi connectivity index (χ3v) is 3.67. The summed E-state index contributed by atoms with van der Waals surface area (Å²) < 4.78 is 2.00. The summed E-state index contributed by atoms with van der Waals surface area (Å²) in [7, 11) is 0. The second-order valence-electron chi connectivity index (χ2n) is 5.51. The van der Waals surface area contributed by atoms with Crippen molar-refractivity contribution in [3.8, 4) is 0 Å². The third kappa shape index (κ3) is 3.53. The smallest absolute Gasteiger partial charge is 0.225 e. The molecule has 106 valence electrons. The molecule has 19 heavy (non-hydrogen) atoms. The van der Waals surface area contributed by atoms with Crippen LogP contribution in [0.2, 0.25) is 0 Å². The highest BCUT2D eigenvalue weighted by Crippen LogP contribution is 2.16. The van der Waals surface area contributed by atoms with Crippen molar-refractivity contribution >= 4 is 5.91 Å². The maximum atomic E-state index is 12.3. The van der Waals surface area contributed by atoms with Gasteiger partial charge in [-0.1, -0.05) is 13.3 Å². The minimum Gasteiger partial charge on any atom is -0.333 e. The minimum atomic E-state index is 0.0632. The summed E-state index contributed by atoms with van der Waals surface area (Å²) in [5, 5.41) is 7.91. The van der Waals surface area contributed by atoms with Crippen LogP contribution in [0.4, 0.5) is 0 Å². The van der Waals surface area contributed by atoms with Crippen LogP contribution in [0.3, 0.4) is 0 Å². The largest absolute Gasteiger partial charge is 0.333 e. The van der Waals surface area contributed by atoms with Gasteiger partial charge in [-0.15, -0.1) is 10.2 Å². The van der Waals surface area contributed by atoms with E-state index in [1.807, 2.05) is 23.3 Å². The molecule has 0 saturated heterocycles. The van der Waals surface area contributed by atoms with E-state index in [1.54, 1.807) is 6.33 Å². The van der Waals surface area contributed by atoms with Gasteiger partial charge in [-0.05, 0) is 19.8 Å². The van der Waals surface area contributed by atoms with Gasteiger partial charge in [0.05, 0.1) is 6.54 Å². The fraction of sp³-hybridized carbons (Fsp3) is 0.769. The molecule has 0 bridgehead atoms. The first-order valence-electron chi connectivity index (χ1n) is 6.99. The molecule has 2 heterocycles. The quantitative estimate of drug-likeness (QED) is 0.853. The van der Waals surface area contributed by atoms with Crippen LogP contribution in [-0.2, 0) is 17.9 Å². The zero-order valence-corrected chi connectivity index (χ0v) is 11.7. The van der Waals surface area contributed by atoms with E-state index in [4.69, 9.17) is 5.73 Å². The molecule has 1 aliphatic heterocycles. The summed E-state index contributed by atoms with van der Waals surface area (Å²) in [6, 6.07) is 0.218. The first-order valence-corrected chi connectivity index (χ1v) is 6.99. The van der Waals surface area contributed by atoms with E-state index in [0.29, 0.717) is 6.54 Å². The molecule has 1 amide bonds. The lowest BCUT2D eigenvalue weighted by Crippen LogP contribution is -2.41. The molecule has 0 fully saturated rings. The van der Waals surface area contributed by atoms with Gasteiger partial charge in [0.15, 0.2) is 5.82 Å². The number of fused-ring (bicyclic) bond motifs is 1. The van der Waals surface area contributed by atoms with Crippen LogP contribution in [0.5, 0.6) is 0 Å². The van der Waals surface area contributed by atoms with Gasteiger partial charge in [0, 0.05) is 25.0 Å². The molecule has 0 saturated carbocycles. The van der Waals surface area contributed by atoms with Gasteiger partial charge >= 0.3 is 0 Å². The van der Waals surface area contributed by atoms with Crippen molar-refractivity contribution in [3.05, 3.63) is 12.2 Å². The fourth-order valence-electron chi connectivity index (χ4n) is 2.44. The molecule has 0 spiro atoms. The van der Waals surface area contributed by atoms with E-state index < -0.39 is 0 Å². The molecular formula is C13H23N5O. The lowest BCUT2D eigenvalue weighted by molar-refractivity contribution is -0.136. The molecule has 1 aromatic rings. The molecule has 1 aromatic heterocycles. The first-order chi connectivity index (χ1) is 9.08. The minimum absolute atomic E-state index is 0.0632. The predicted molar refractivity (Wildman–Crippen MR) is 72.1 cm³/mol. The van der Waals surface area contributed by atoms with Crippen molar-refractivity contribution in [2.75, 3.05) is 6.54 Å². The van der Waals surface area contributed by atoms with E-state index in [9.17, 15) is 4.79 Å². The maximum absolute atomic E-state index is 12.3. The van der Waals surface area contributed by atoms with Crippen molar-refractivity contribution in [1.29, 1.82) is 0 Å². The van der Waals surface area contributed by atoms with Gasteiger partial charge < -0.3 is 15.2 Å². The molecule has 2 unspecified atom stereocenters. The third-order valence-electron chi connectivity index (χ3n) is 3.67. The monoisotopic (exact) mass is 265 g/mol. The summed E-state index contributed by atoms with van der Waals surface area (Å²) in [5.41, 5.74) is 5.73. The Morgan fingerprint density at radius 1 is 1.42 bits per heavy atom. The van der Waals surface area contributed by atoms with E-state index in [0.717, 1.165) is 38.2 Å². The number of carbonyl (C=O) groups excluding carboxylic acids is 1. The number of aromatic nitrogens is 3. The normalized spacial score (nSPS) is 17.9. The van der Waals surface area contributed by atoms with Crippen molar-refractivity contribution < 1.29 is 4.79 Å². The van der Waals surface area contributed by atoms with Crippen LogP contribution in [0.25, 0.3) is 0 Å². The average molecular weight is 265 g/mol. The number of hydrogen-bond donors (Lipinski definition) is 1. The van der Waals surface area contributed by atoms with E-state index in [-0.39, 0.29) is 17.9 Å². The standard InChI is InChI=1S/C13H23N5O/c1-10(4-3-5-11(2)14)13(19)17-6-7-18-9-15-16-12(18)8-17/h9-11H,3-8,14H2,1-2H3. The SMILES string of the molecule is CC(N)CCCC(C)C(=O)N1CCn2cnnc2C1. The fourth-order valence-corrected chi connectivity index (χ4v) is 2.44. The van der Waals surface area contributed by atoms with Crippen molar-refractivity contribution in [3.63, 3.8) is 0 Å². The molecule has 2 atom stereocenters. The lowest BCUT2D eigenvalue weighted by Gasteiger charge is -2.29. The van der Waals surface area contributed by atoms with Crippen LogP contribution in [-0.4, -0.2) is 38.2 Å². The summed E-state index contributed by atoms with van der Waals surface area (Å²) in [5.74, 6) is 1.16. The Labute approximate surface area is 114 Å². The van der Waals surface area contributed by atoms with Crippen molar-refractivity contribution in [2.45, 2.75) is 52.2 Å². The molecule has 0 radical (unpaired) electrons. The molecule has 2 N–H and O–H groups in total. The number of nitrogens with zero attached hydrogens (tertiary/aromatic N) is 4. The van der Waals surface area contributed by atoms with E-state index >= 15 is 0 Å². The van der Waals surface area contributed by atoms with Crippen LogP contribution >= 0.6 is 0 Å². The van der Waals surface area contributed by atoms with Crippen LogP contribution < -0.4 is 5.73 Å². The van der Waals surface area contributed by atoms with Crippen LogP contribution in [0, 0.1) is 5.92 Å². The van der Waals surface area contributed by atoms with E-state index in [1.165, 1.54) is 0 Å². The lowest BCUT2D eigenvalue weighted by atomic mass is 10.0.